The molecule has 3 nitrogen and oxygen atoms in total. The summed E-state index contributed by atoms with van der Waals surface area (Å²) >= 11 is 0. The lowest BCUT2D eigenvalue weighted by molar-refractivity contribution is -0.123. The third-order valence-electron chi connectivity index (χ3n) is 5.05. The van der Waals surface area contributed by atoms with E-state index in [0.29, 0.717) is 6.04 Å². The summed E-state index contributed by atoms with van der Waals surface area (Å²) in [6.45, 7) is 4.98. The van der Waals surface area contributed by atoms with Gasteiger partial charge in [0.2, 0.25) is 5.91 Å². The van der Waals surface area contributed by atoms with Crippen LogP contribution in [0.25, 0.3) is 0 Å². The highest BCUT2D eigenvalue weighted by Gasteiger charge is 2.29. The van der Waals surface area contributed by atoms with Crippen LogP contribution < -0.4 is 10.2 Å². The van der Waals surface area contributed by atoms with E-state index in [1.807, 2.05) is 18.2 Å². The molecule has 1 saturated carbocycles. The molecule has 1 atom stereocenters. The first-order valence-corrected chi connectivity index (χ1v) is 9.37. The quantitative estimate of drug-likeness (QED) is 0.835. The van der Waals surface area contributed by atoms with Crippen LogP contribution in [0.3, 0.4) is 0 Å². The Morgan fingerprint density at radius 2 is 1.84 bits per heavy atom. The van der Waals surface area contributed by atoms with Gasteiger partial charge < -0.3 is 10.2 Å². The predicted octanol–water partition coefficient (Wildman–Crippen LogP) is 4.62. The number of hydrogen-bond donors (Lipinski definition) is 1. The predicted molar refractivity (Wildman–Crippen MR) is 104 cm³/mol. The molecule has 0 aromatic heterocycles. The Hall–Kier alpha value is -2.29. The molecule has 0 saturated heterocycles. The number of carbonyl (C=O) groups is 1. The van der Waals surface area contributed by atoms with Gasteiger partial charge in [0.1, 0.15) is 6.04 Å². The minimum Gasteiger partial charge on any atom is -0.356 e. The normalized spacial score (nSPS) is 15.8. The molecule has 0 bridgehead atoms. The van der Waals surface area contributed by atoms with E-state index in [9.17, 15) is 4.79 Å². The van der Waals surface area contributed by atoms with Crippen molar-refractivity contribution in [3.05, 3.63) is 65.7 Å². The smallest absolute Gasteiger partial charge is 0.247 e. The van der Waals surface area contributed by atoms with Gasteiger partial charge in [-0.15, -0.1) is 0 Å². The summed E-state index contributed by atoms with van der Waals surface area (Å²) in [5, 5.41) is 3.30. The van der Waals surface area contributed by atoms with Gasteiger partial charge in [0.05, 0.1) is 0 Å². The first kappa shape index (κ1) is 17.5. The lowest BCUT2D eigenvalue weighted by atomic mass is 10.0. The Balaban J connectivity index is 1.92. The molecular formula is C22H28N2O. The lowest BCUT2D eigenvalue weighted by Crippen LogP contribution is -2.44. The van der Waals surface area contributed by atoms with Crippen LogP contribution in [0.4, 0.5) is 5.69 Å². The summed E-state index contributed by atoms with van der Waals surface area (Å²) in [5.41, 5.74) is 3.35. The van der Waals surface area contributed by atoms with Crippen LogP contribution in [0.2, 0.25) is 0 Å². The van der Waals surface area contributed by atoms with Gasteiger partial charge in [-0.1, -0.05) is 55.3 Å². The summed E-state index contributed by atoms with van der Waals surface area (Å²) in [7, 11) is 0. The number of hydrogen-bond acceptors (Lipinski definition) is 2. The van der Waals surface area contributed by atoms with Crippen LogP contribution in [0.5, 0.6) is 0 Å². The summed E-state index contributed by atoms with van der Waals surface area (Å²) in [4.78, 5) is 15.4. The molecule has 0 spiro atoms. The van der Waals surface area contributed by atoms with Crippen LogP contribution >= 0.6 is 0 Å². The van der Waals surface area contributed by atoms with Crippen molar-refractivity contribution in [2.75, 3.05) is 11.4 Å². The highest BCUT2D eigenvalue weighted by Crippen LogP contribution is 2.29. The monoisotopic (exact) mass is 336 g/mol. The summed E-state index contributed by atoms with van der Waals surface area (Å²) < 4.78 is 0. The van der Waals surface area contributed by atoms with Gasteiger partial charge in [-0.2, -0.15) is 0 Å². The molecule has 0 heterocycles. The van der Waals surface area contributed by atoms with Crippen LogP contribution in [-0.2, 0) is 4.79 Å². The van der Waals surface area contributed by atoms with Gasteiger partial charge >= 0.3 is 0 Å². The Kier molecular flexibility index (Phi) is 5.75. The van der Waals surface area contributed by atoms with Crippen LogP contribution in [0, 0.1) is 6.92 Å². The van der Waals surface area contributed by atoms with Crippen molar-refractivity contribution < 1.29 is 4.79 Å². The fourth-order valence-corrected chi connectivity index (χ4v) is 3.78. The highest BCUT2D eigenvalue weighted by atomic mass is 16.2. The largest absolute Gasteiger partial charge is 0.356 e. The Morgan fingerprint density at radius 3 is 2.48 bits per heavy atom. The van der Waals surface area contributed by atoms with E-state index < -0.39 is 0 Å². The Labute approximate surface area is 151 Å². The maximum absolute atomic E-state index is 13.2. The molecule has 1 amide bonds. The molecule has 1 fully saturated rings. The first-order valence-electron chi connectivity index (χ1n) is 9.37. The van der Waals surface area contributed by atoms with Crippen molar-refractivity contribution in [2.24, 2.45) is 0 Å². The van der Waals surface area contributed by atoms with Crippen LogP contribution in [0.1, 0.15) is 49.8 Å². The highest BCUT2D eigenvalue weighted by molar-refractivity contribution is 5.87. The zero-order valence-corrected chi connectivity index (χ0v) is 15.2. The molecule has 25 heavy (non-hydrogen) atoms. The zero-order valence-electron chi connectivity index (χ0n) is 15.2. The van der Waals surface area contributed by atoms with Gasteiger partial charge in [-0.05, 0) is 49.9 Å². The van der Waals surface area contributed by atoms with E-state index in [4.69, 9.17) is 0 Å². The van der Waals surface area contributed by atoms with E-state index in [1.165, 1.54) is 18.4 Å². The SMILES string of the molecule is CCN(c1cccc(C)c1)[C@@H](C(=O)NC1CCCC1)c1ccccc1. The molecule has 0 aliphatic heterocycles. The molecule has 132 valence electrons. The molecule has 0 radical (unpaired) electrons. The van der Waals surface area contributed by atoms with Gasteiger partial charge in [0.25, 0.3) is 0 Å². The van der Waals surface area contributed by atoms with E-state index in [2.05, 4.69) is 60.5 Å². The van der Waals surface area contributed by atoms with Gasteiger partial charge in [-0.3, -0.25) is 4.79 Å². The summed E-state index contributed by atoms with van der Waals surface area (Å²) in [6, 6.07) is 18.6. The number of nitrogens with one attached hydrogen (secondary N) is 1. The minimum atomic E-state index is -0.298. The second-order valence-electron chi connectivity index (χ2n) is 6.93. The average Bonchev–Trinajstić information content (AvgIpc) is 3.13. The van der Waals surface area contributed by atoms with Crippen molar-refractivity contribution >= 4 is 11.6 Å². The third-order valence-corrected chi connectivity index (χ3v) is 5.05. The van der Waals surface area contributed by atoms with Crippen LogP contribution in [0.15, 0.2) is 54.6 Å². The van der Waals surface area contributed by atoms with Gasteiger partial charge in [0, 0.05) is 18.3 Å². The molecule has 1 aliphatic rings. The summed E-state index contributed by atoms with van der Waals surface area (Å²) in [5.74, 6) is 0.112. The Morgan fingerprint density at radius 1 is 1.12 bits per heavy atom. The molecular weight excluding hydrogens is 308 g/mol. The van der Waals surface area contributed by atoms with E-state index in [-0.39, 0.29) is 11.9 Å². The number of nitrogens with zero attached hydrogens (tertiary/aromatic N) is 1. The van der Waals surface area contributed by atoms with Crippen LogP contribution in [-0.4, -0.2) is 18.5 Å². The van der Waals surface area contributed by atoms with E-state index in [0.717, 1.165) is 30.6 Å². The number of amides is 1. The molecule has 3 heteroatoms. The topological polar surface area (TPSA) is 32.3 Å². The van der Waals surface area contributed by atoms with Crippen molar-refractivity contribution in [1.82, 2.24) is 5.32 Å². The maximum atomic E-state index is 13.2. The molecule has 2 aromatic rings. The standard InChI is InChI=1S/C22H28N2O/c1-3-24(20-15-9-10-17(2)16-20)21(18-11-5-4-6-12-18)22(25)23-19-13-7-8-14-19/h4-6,9-12,15-16,19,21H,3,7-8,13-14H2,1-2H3,(H,23,25)/t21-/m1/s1. The van der Waals surface area contributed by atoms with Gasteiger partial charge in [0.15, 0.2) is 0 Å². The number of carbonyl (C=O) groups excluding carboxylic acids is 1. The first-order chi connectivity index (χ1) is 12.2. The van der Waals surface area contributed by atoms with Crippen molar-refractivity contribution in [3.8, 4) is 0 Å². The van der Waals surface area contributed by atoms with Crippen molar-refractivity contribution in [2.45, 2.75) is 51.6 Å². The lowest BCUT2D eigenvalue weighted by Gasteiger charge is -2.33. The number of likely N-dealkylation sites (N-methyl/N-ethyl adjacent to an activating group) is 1. The second kappa shape index (κ2) is 8.19. The van der Waals surface area contributed by atoms with Crippen molar-refractivity contribution in [1.29, 1.82) is 0 Å². The summed E-state index contributed by atoms with van der Waals surface area (Å²) in [6.07, 6.45) is 4.64. The number of aryl methyl sites for hydroxylation is 1. The van der Waals surface area contributed by atoms with E-state index >= 15 is 0 Å². The second-order valence-corrected chi connectivity index (χ2v) is 6.93. The Bertz CT molecular complexity index is 692. The average molecular weight is 336 g/mol. The minimum absolute atomic E-state index is 0.112. The molecule has 3 rings (SSSR count). The number of benzene rings is 2. The number of rotatable bonds is 6. The fraction of sp³-hybridized carbons (Fsp3) is 0.409. The van der Waals surface area contributed by atoms with Crippen molar-refractivity contribution in [3.63, 3.8) is 0 Å². The van der Waals surface area contributed by atoms with E-state index in [1.54, 1.807) is 0 Å². The third kappa shape index (κ3) is 4.22. The molecule has 2 aromatic carbocycles. The number of anilines is 1. The fourth-order valence-electron chi connectivity index (χ4n) is 3.78. The molecule has 1 aliphatic carbocycles. The zero-order chi connectivity index (χ0) is 17.6. The maximum Gasteiger partial charge on any atom is 0.247 e. The molecule has 0 unspecified atom stereocenters. The van der Waals surface area contributed by atoms with Gasteiger partial charge in [-0.25, -0.2) is 0 Å². The molecule has 1 N–H and O–H groups in total.